The van der Waals surface area contributed by atoms with Gasteiger partial charge >= 0.3 is 0 Å². The van der Waals surface area contributed by atoms with Gasteiger partial charge in [-0.2, -0.15) is 5.26 Å². The van der Waals surface area contributed by atoms with Crippen LogP contribution in [0.15, 0.2) is 36.4 Å². The molecule has 0 amide bonds. The third kappa shape index (κ3) is 4.18. The van der Waals surface area contributed by atoms with Crippen molar-refractivity contribution in [3.8, 4) is 23.3 Å². The van der Waals surface area contributed by atoms with Crippen molar-refractivity contribution in [3.05, 3.63) is 53.1 Å². The van der Waals surface area contributed by atoms with Crippen LogP contribution < -0.4 is 19.5 Å². The molecule has 0 unspecified atom stereocenters. The number of methoxy groups -OCH3 is 3. The van der Waals surface area contributed by atoms with E-state index >= 15 is 0 Å². The summed E-state index contributed by atoms with van der Waals surface area (Å²) in [7, 11) is 4.84. The van der Waals surface area contributed by atoms with Gasteiger partial charge in [0, 0.05) is 6.54 Å². The smallest absolute Gasteiger partial charge is 0.203 e. The first-order valence-electron chi connectivity index (χ1n) is 7.71. The molecule has 2 rings (SSSR count). The van der Waals surface area contributed by atoms with Gasteiger partial charge in [0.05, 0.1) is 33.0 Å². The molecule has 0 bridgehead atoms. The summed E-state index contributed by atoms with van der Waals surface area (Å²) in [6.07, 6.45) is 0.805. The Kier molecular flexibility index (Phi) is 6.47. The molecule has 0 saturated carbocycles. The van der Waals surface area contributed by atoms with Crippen LogP contribution in [0.3, 0.4) is 0 Å². The summed E-state index contributed by atoms with van der Waals surface area (Å²) in [4.78, 5) is 0. The van der Waals surface area contributed by atoms with Gasteiger partial charge in [-0.05, 0) is 42.3 Å². The summed E-state index contributed by atoms with van der Waals surface area (Å²) in [6, 6.07) is 13.6. The normalized spacial score (nSPS) is 10.1. The molecule has 0 heterocycles. The summed E-state index contributed by atoms with van der Waals surface area (Å²) in [5, 5.41) is 12.2. The minimum Gasteiger partial charge on any atom is -0.493 e. The van der Waals surface area contributed by atoms with E-state index in [2.05, 4.69) is 11.4 Å². The lowest BCUT2D eigenvalue weighted by Gasteiger charge is -2.16. The van der Waals surface area contributed by atoms with Gasteiger partial charge in [-0.25, -0.2) is 0 Å². The Labute approximate surface area is 142 Å². The molecule has 2 aromatic carbocycles. The summed E-state index contributed by atoms with van der Waals surface area (Å²) in [6.45, 7) is 1.55. The highest BCUT2D eigenvalue weighted by molar-refractivity contribution is 5.55. The topological polar surface area (TPSA) is 63.5 Å². The average molecular weight is 326 g/mol. The summed E-state index contributed by atoms with van der Waals surface area (Å²) in [5.74, 6) is 1.98. The van der Waals surface area contributed by atoms with E-state index in [-0.39, 0.29) is 0 Å². The molecule has 2 aromatic rings. The highest BCUT2D eigenvalue weighted by Crippen LogP contribution is 2.39. The molecule has 5 nitrogen and oxygen atoms in total. The molecule has 5 heteroatoms. The maximum Gasteiger partial charge on any atom is 0.203 e. The second-order valence-corrected chi connectivity index (χ2v) is 5.23. The van der Waals surface area contributed by atoms with Crippen LogP contribution in [0.4, 0.5) is 0 Å². The molecule has 0 atom stereocenters. The third-order valence-corrected chi connectivity index (χ3v) is 3.77. The van der Waals surface area contributed by atoms with E-state index in [1.807, 2.05) is 36.4 Å². The Morgan fingerprint density at radius 1 is 0.917 bits per heavy atom. The standard InChI is InChI=1S/C19H22N2O3/c1-22-17-9-8-16(18(23-2)19(17)24-3)10-11-21-13-15-6-4-14(12-20)5-7-15/h4-9,21H,10-11,13H2,1-3H3. The fourth-order valence-electron chi connectivity index (χ4n) is 2.51. The molecule has 0 spiro atoms. The van der Waals surface area contributed by atoms with Crippen molar-refractivity contribution in [1.29, 1.82) is 5.26 Å². The minimum atomic E-state index is 0.615. The largest absolute Gasteiger partial charge is 0.493 e. The maximum atomic E-state index is 8.80. The molecular weight excluding hydrogens is 304 g/mol. The van der Waals surface area contributed by atoms with Crippen molar-refractivity contribution in [1.82, 2.24) is 5.32 Å². The molecule has 1 N–H and O–H groups in total. The Balaban J connectivity index is 1.95. The Morgan fingerprint density at radius 2 is 1.62 bits per heavy atom. The van der Waals surface area contributed by atoms with Crippen molar-refractivity contribution in [2.45, 2.75) is 13.0 Å². The van der Waals surface area contributed by atoms with Gasteiger partial charge in [0.15, 0.2) is 11.5 Å². The van der Waals surface area contributed by atoms with Gasteiger partial charge in [-0.15, -0.1) is 0 Å². The fraction of sp³-hybridized carbons (Fsp3) is 0.316. The molecule has 0 aromatic heterocycles. The van der Waals surface area contributed by atoms with Gasteiger partial charge in [0.2, 0.25) is 5.75 Å². The van der Waals surface area contributed by atoms with E-state index in [4.69, 9.17) is 19.5 Å². The number of nitrogens with zero attached hydrogens (tertiary/aromatic N) is 1. The molecule has 0 aliphatic heterocycles. The van der Waals surface area contributed by atoms with Crippen LogP contribution in [0, 0.1) is 11.3 Å². The van der Waals surface area contributed by atoms with E-state index in [9.17, 15) is 0 Å². The molecule has 126 valence electrons. The number of rotatable bonds is 8. The SMILES string of the molecule is COc1ccc(CCNCc2ccc(C#N)cc2)c(OC)c1OC. The van der Waals surface area contributed by atoms with Crippen LogP contribution in [0.25, 0.3) is 0 Å². The molecule has 0 radical (unpaired) electrons. The fourth-order valence-corrected chi connectivity index (χ4v) is 2.51. The zero-order valence-electron chi connectivity index (χ0n) is 14.3. The molecule has 0 fully saturated rings. The first kappa shape index (κ1) is 17.6. The van der Waals surface area contributed by atoms with Crippen molar-refractivity contribution in [2.24, 2.45) is 0 Å². The second kappa shape index (κ2) is 8.80. The predicted octanol–water partition coefficient (Wildman–Crippen LogP) is 2.92. The lowest BCUT2D eigenvalue weighted by atomic mass is 10.1. The molecule has 0 aliphatic rings. The minimum absolute atomic E-state index is 0.615. The van der Waals surface area contributed by atoms with Gasteiger partial charge in [0.1, 0.15) is 0 Å². The monoisotopic (exact) mass is 326 g/mol. The summed E-state index contributed by atoms with van der Waals surface area (Å²) in [5.41, 5.74) is 2.88. The summed E-state index contributed by atoms with van der Waals surface area (Å²) < 4.78 is 16.2. The first-order valence-corrected chi connectivity index (χ1v) is 7.71. The van der Waals surface area contributed by atoms with E-state index in [1.165, 1.54) is 0 Å². The molecule has 24 heavy (non-hydrogen) atoms. The van der Waals surface area contributed by atoms with Gasteiger partial charge in [-0.1, -0.05) is 18.2 Å². The van der Waals surface area contributed by atoms with Crippen molar-refractivity contribution in [3.63, 3.8) is 0 Å². The van der Waals surface area contributed by atoms with E-state index in [0.717, 1.165) is 30.6 Å². The van der Waals surface area contributed by atoms with Crippen LogP contribution in [-0.4, -0.2) is 27.9 Å². The number of nitriles is 1. The van der Waals surface area contributed by atoms with Gasteiger partial charge < -0.3 is 19.5 Å². The van der Waals surface area contributed by atoms with Crippen LogP contribution >= 0.6 is 0 Å². The average Bonchev–Trinajstić information content (AvgIpc) is 2.64. The highest BCUT2D eigenvalue weighted by Gasteiger charge is 2.15. The Bertz CT molecular complexity index is 706. The first-order chi connectivity index (χ1) is 11.7. The number of ether oxygens (including phenoxy) is 3. The lowest BCUT2D eigenvalue weighted by Crippen LogP contribution is -2.17. The van der Waals surface area contributed by atoms with Crippen LogP contribution in [0.2, 0.25) is 0 Å². The van der Waals surface area contributed by atoms with E-state index < -0.39 is 0 Å². The molecular formula is C19H22N2O3. The zero-order chi connectivity index (χ0) is 17.4. The van der Waals surface area contributed by atoms with Crippen LogP contribution in [-0.2, 0) is 13.0 Å². The van der Waals surface area contributed by atoms with Crippen molar-refractivity contribution < 1.29 is 14.2 Å². The van der Waals surface area contributed by atoms with Crippen molar-refractivity contribution >= 4 is 0 Å². The number of nitrogens with one attached hydrogen (secondary N) is 1. The lowest BCUT2D eigenvalue weighted by molar-refractivity contribution is 0.322. The van der Waals surface area contributed by atoms with Crippen LogP contribution in [0.5, 0.6) is 17.2 Å². The van der Waals surface area contributed by atoms with Crippen molar-refractivity contribution in [2.75, 3.05) is 27.9 Å². The predicted molar refractivity (Wildman–Crippen MR) is 92.7 cm³/mol. The van der Waals surface area contributed by atoms with E-state index in [1.54, 1.807) is 21.3 Å². The molecule has 0 aliphatic carbocycles. The Morgan fingerprint density at radius 3 is 2.21 bits per heavy atom. The number of hydrogen-bond acceptors (Lipinski definition) is 5. The number of hydrogen-bond donors (Lipinski definition) is 1. The van der Waals surface area contributed by atoms with E-state index in [0.29, 0.717) is 22.8 Å². The maximum absolute atomic E-state index is 8.80. The van der Waals surface area contributed by atoms with Gasteiger partial charge in [0.25, 0.3) is 0 Å². The third-order valence-electron chi connectivity index (χ3n) is 3.77. The number of benzene rings is 2. The van der Waals surface area contributed by atoms with Crippen LogP contribution in [0.1, 0.15) is 16.7 Å². The zero-order valence-corrected chi connectivity index (χ0v) is 14.3. The Hall–Kier alpha value is -2.71. The van der Waals surface area contributed by atoms with Gasteiger partial charge in [-0.3, -0.25) is 0 Å². The highest BCUT2D eigenvalue weighted by atomic mass is 16.5. The summed E-state index contributed by atoms with van der Waals surface area (Å²) >= 11 is 0. The molecule has 0 saturated heterocycles. The second-order valence-electron chi connectivity index (χ2n) is 5.23. The quantitative estimate of drug-likeness (QED) is 0.756.